The Morgan fingerprint density at radius 2 is 1.56 bits per heavy atom. The molecule has 2 nitrogen and oxygen atoms in total. The Morgan fingerprint density at radius 1 is 0.926 bits per heavy atom. The van der Waals surface area contributed by atoms with Crippen molar-refractivity contribution in [3.63, 3.8) is 0 Å². The number of aliphatic imine (C=N–C) groups is 1. The molecule has 2 heteroatoms. The van der Waals surface area contributed by atoms with Gasteiger partial charge in [0.2, 0.25) is 0 Å². The normalized spacial score (nSPS) is 12.1. The van der Waals surface area contributed by atoms with Gasteiger partial charge < -0.3 is 4.57 Å². The lowest BCUT2D eigenvalue weighted by Crippen LogP contribution is -2.11. The number of rotatable bonds is 4. The smallest absolute Gasteiger partial charge is 0.0630 e. The highest BCUT2D eigenvalue weighted by molar-refractivity contribution is 5.84. The summed E-state index contributed by atoms with van der Waals surface area (Å²) in [4.78, 5) is 4.67. The van der Waals surface area contributed by atoms with Crippen LogP contribution in [0.5, 0.6) is 0 Å². The van der Waals surface area contributed by atoms with Crippen LogP contribution in [-0.2, 0) is 11.8 Å². The van der Waals surface area contributed by atoms with Gasteiger partial charge in [0.25, 0.3) is 0 Å². The second kappa shape index (κ2) is 7.56. The fraction of sp³-hybridized carbons (Fsp3) is 0.320. The Kier molecular flexibility index (Phi) is 5.36. The summed E-state index contributed by atoms with van der Waals surface area (Å²) in [5, 5.41) is 0. The first kappa shape index (κ1) is 19.2. The second-order valence-electron chi connectivity index (χ2n) is 8.24. The molecular formula is C25H30N2. The Labute approximate surface area is 163 Å². The fourth-order valence-electron chi connectivity index (χ4n) is 3.39. The van der Waals surface area contributed by atoms with Crippen molar-refractivity contribution < 1.29 is 0 Å². The number of nitrogens with zero attached hydrogens (tertiary/aromatic N) is 2. The minimum atomic E-state index is 0.171. The van der Waals surface area contributed by atoms with E-state index in [-0.39, 0.29) is 5.41 Å². The van der Waals surface area contributed by atoms with E-state index >= 15 is 0 Å². The van der Waals surface area contributed by atoms with Crippen LogP contribution in [0.3, 0.4) is 0 Å². The summed E-state index contributed by atoms with van der Waals surface area (Å²) in [5.41, 5.74) is 8.65. The van der Waals surface area contributed by atoms with Crippen molar-refractivity contribution in [2.24, 2.45) is 4.99 Å². The van der Waals surface area contributed by atoms with E-state index in [2.05, 4.69) is 106 Å². The van der Waals surface area contributed by atoms with E-state index in [1.54, 1.807) is 0 Å². The average molecular weight is 359 g/mol. The minimum absolute atomic E-state index is 0.171. The number of benzene rings is 2. The van der Waals surface area contributed by atoms with Crippen LogP contribution in [0.25, 0.3) is 5.69 Å². The van der Waals surface area contributed by atoms with Gasteiger partial charge in [0.1, 0.15) is 0 Å². The highest BCUT2D eigenvalue weighted by Crippen LogP contribution is 2.25. The molecule has 0 N–H and O–H groups in total. The molecule has 1 aromatic heterocycles. The monoisotopic (exact) mass is 358 g/mol. The molecule has 2 aromatic carbocycles. The molecule has 0 spiro atoms. The van der Waals surface area contributed by atoms with Gasteiger partial charge in [-0.05, 0) is 67.1 Å². The molecule has 0 amide bonds. The molecule has 0 radical (unpaired) electrons. The van der Waals surface area contributed by atoms with Crippen molar-refractivity contribution in [2.75, 3.05) is 0 Å². The number of aromatic nitrogens is 1. The molecule has 0 atom stereocenters. The second-order valence-corrected chi connectivity index (χ2v) is 8.24. The summed E-state index contributed by atoms with van der Waals surface area (Å²) < 4.78 is 2.30. The van der Waals surface area contributed by atoms with Crippen LogP contribution in [0.15, 0.2) is 59.6 Å². The topological polar surface area (TPSA) is 17.3 Å². The molecule has 0 unspecified atom stereocenters. The first-order valence-corrected chi connectivity index (χ1v) is 9.72. The molecular weight excluding hydrogens is 328 g/mol. The Balaban J connectivity index is 1.89. The zero-order valence-corrected chi connectivity index (χ0v) is 17.4. The maximum absolute atomic E-state index is 4.67. The summed E-state index contributed by atoms with van der Waals surface area (Å²) >= 11 is 0. The van der Waals surface area contributed by atoms with Gasteiger partial charge in [0.05, 0.1) is 5.69 Å². The van der Waals surface area contributed by atoms with Crippen molar-refractivity contribution in [3.05, 3.63) is 82.7 Å². The van der Waals surface area contributed by atoms with E-state index in [1.807, 2.05) is 6.21 Å². The van der Waals surface area contributed by atoms with Crippen molar-refractivity contribution in [1.82, 2.24) is 4.57 Å². The van der Waals surface area contributed by atoms with Gasteiger partial charge in [0, 0.05) is 28.9 Å². The maximum atomic E-state index is 4.67. The highest BCUT2D eigenvalue weighted by Gasteiger charge is 2.14. The molecule has 0 bridgehead atoms. The van der Waals surface area contributed by atoms with Gasteiger partial charge in [-0.2, -0.15) is 0 Å². The van der Waals surface area contributed by atoms with Crippen molar-refractivity contribution in [3.8, 4) is 5.69 Å². The quantitative estimate of drug-likeness (QED) is 0.461. The highest BCUT2D eigenvalue weighted by atomic mass is 15.0. The third-order valence-electron chi connectivity index (χ3n) is 5.16. The lowest BCUT2D eigenvalue weighted by Gasteiger charge is -2.20. The molecule has 0 aliphatic carbocycles. The summed E-state index contributed by atoms with van der Waals surface area (Å²) in [6.07, 6.45) is 3.03. The van der Waals surface area contributed by atoms with Crippen LogP contribution in [0.1, 0.15) is 55.8 Å². The first-order chi connectivity index (χ1) is 12.8. The van der Waals surface area contributed by atoms with E-state index in [4.69, 9.17) is 0 Å². The van der Waals surface area contributed by atoms with E-state index in [1.165, 1.54) is 28.2 Å². The first-order valence-electron chi connectivity index (χ1n) is 9.72. The largest absolute Gasteiger partial charge is 0.318 e. The molecule has 1 heterocycles. The van der Waals surface area contributed by atoms with Gasteiger partial charge in [-0.25, -0.2) is 0 Å². The van der Waals surface area contributed by atoms with Crippen LogP contribution >= 0.6 is 0 Å². The van der Waals surface area contributed by atoms with E-state index < -0.39 is 0 Å². The van der Waals surface area contributed by atoms with Gasteiger partial charge >= 0.3 is 0 Å². The predicted molar refractivity (Wildman–Crippen MR) is 117 cm³/mol. The molecule has 0 aliphatic heterocycles. The molecule has 0 saturated carbocycles. The standard InChI is InChI=1S/C25H30N2/c1-7-20-8-12-23(13-9-20)26-17-21-16-18(2)27(19(21)3)24-14-10-22(11-15-24)25(4,5)6/h8-17H,7H2,1-6H3. The SMILES string of the molecule is CCc1ccc(N=Cc2cc(C)n(-c3ccc(C(C)(C)C)cc3)c2C)cc1. The van der Waals surface area contributed by atoms with Crippen LogP contribution < -0.4 is 0 Å². The number of hydrogen-bond donors (Lipinski definition) is 0. The van der Waals surface area contributed by atoms with Crippen LogP contribution in [0.2, 0.25) is 0 Å². The van der Waals surface area contributed by atoms with E-state index in [9.17, 15) is 0 Å². The summed E-state index contributed by atoms with van der Waals surface area (Å²) in [6, 6.07) is 19.6. The molecule has 0 fully saturated rings. The average Bonchev–Trinajstić information content (AvgIpc) is 2.93. The lowest BCUT2D eigenvalue weighted by atomic mass is 9.87. The number of hydrogen-bond acceptors (Lipinski definition) is 1. The molecule has 140 valence electrons. The van der Waals surface area contributed by atoms with Crippen molar-refractivity contribution in [1.29, 1.82) is 0 Å². The molecule has 3 rings (SSSR count). The van der Waals surface area contributed by atoms with Crippen LogP contribution in [-0.4, -0.2) is 10.8 Å². The molecule has 0 saturated heterocycles. The molecule has 3 aromatic rings. The summed E-state index contributed by atoms with van der Waals surface area (Å²) in [5.74, 6) is 0. The van der Waals surface area contributed by atoms with Gasteiger partial charge in [-0.3, -0.25) is 4.99 Å². The molecule has 27 heavy (non-hydrogen) atoms. The lowest BCUT2D eigenvalue weighted by molar-refractivity contribution is 0.590. The molecule has 0 aliphatic rings. The van der Waals surface area contributed by atoms with Gasteiger partial charge in [0.15, 0.2) is 0 Å². The summed E-state index contributed by atoms with van der Waals surface area (Å²) in [7, 11) is 0. The maximum Gasteiger partial charge on any atom is 0.0630 e. The number of aryl methyl sites for hydroxylation is 2. The van der Waals surface area contributed by atoms with Crippen molar-refractivity contribution >= 4 is 11.9 Å². The van der Waals surface area contributed by atoms with Gasteiger partial charge in [-0.15, -0.1) is 0 Å². The van der Waals surface area contributed by atoms with Crippen LogP contribution in [0.4, 0.5) is 5.69 Å². The predicted octanol–water partition coefficient (Wildman–Crippen LogP) is 6.70. The summed E-state index contributed by atoms with van der Waals surface area (Å²) in [6.45, 7) is 13.2. The Hall–Kier alpha value is -2.61. The minimum Gasteiger partial charge on any atom is -0.318 e. The third kappa shape index (κ3) is 4.21. The van der Waals surface area contributed by atoms with Crippen LogP contribution in [0, 0.1) is 13.8 Å². The van der Waals surface area contributed by atoms with E-state index in [0.29, 0.717) is 0 Å². The Bertz CT molecular complexity index is 934. The fourth-order valence-corrected chi connectivity index (χ4v) is 3.39. The zero-order chi connectivity index (χ0) is 19.6. The third-order valence-corrected chi connectivity index (χ3v) is 5.16. The Morgan fingerprint density at radius 3 is 2.11 bits per heavy atom. The van der Waals surface area contributed by atoms with Crippen molar-refractivity contribution in [2.45, 2.75) is 53.4 Å². The zero-order valence-electron chi connectivity index (χ0n) is 17.4. The van der Waals surface area contributed by atoms with E-state index in [0.717, 1.165) is 17.7 Å². The van der Waals surface area contributed by atoms with Gasteiger partial charge in [-0.1, -0.05) is 52.0 Å².